The molecule has 1 aromatic heterocycles. The van der Waals surface area contributed by atoms with Crippen molar-refractivity contribution < 1.29 is 4.79 Å². The van der Waals surface area contributed by atoms with Crippen molar-refractivity contribution in [2.75, 3.05) is 26.2 Å². The molecule has 5 rings (SSSR count). The van der Waals surface area contributed by atoms with Crippen LogP contribution in [0.2, 0.25) is 5.15 Å². The summed E-state index contributed by atoms with van der Waals surface area (Å²) in [5.74, 6) is -0.0520. The predicted molar refractivity (Wildman–Crippen MR) is 129 cm³/mol. The summed E-state index contributed by atoms with van der Waals surface area (Å²) in [7, 11) is 0. The van der Waals surface area contributed by atoms with Crippen molar-refractivity contribution in [3.8, 4) is 0 Å². The van der Waals surface area contributed by atoms with Crippen LogP contribution >= 0.6 is 11.6 Å². The molecule has 5 heteroatoms. The highest BCUT2D eigenvalue weighted by Gasteiger charge is 2.29. The molecule has 0 radical (unpaired) electrons. The van der Waals surface area contributed by atoms with Gasteiger partial charge in [0.05, 0.1) is 17.1 Å². The largest absolute Gasteiger partial charge is 0.336 e. The van der Waals surface area contributed by atoms with Gasteiger partial charge in [0, 0.05) is 31.6 Å². The van der Waals surface area contributed by atoms with Crippen LogP contribution in [-0.2, 0) is 0 Å². The number of fused-ring (bicyclic) bond motifs is 1. The summed E-state index contributed by atoms with van der Waals surface area (Å²) in [5.41, 5.74) is 3.80. The van der Waals surface area contributed by atoms with E-state index in [4.69, 9.17) is 11.6 Å². The number of hydrogen-bond donors (Lipinski definition) is 0. The lowest BCUT2D eigenvalue weighted by atomic mass is 9.96. The van der Waals surface area contributed by atoms with Crippen LogP contribution in [0.3, 0.4) is 0 Å². The fourth-order valence-electron chi connectivity index (χ4n) is 4.48. The number of rotatable bonds is 4. The molecule has 0 aliphatic carbocycles. The maximum absolute atomic E-state index is 13.3. The van der Waals surface area contributed by atoms with Crippen molar-refractivity contribution in [1.29, 1.82) is 0 Å². The number of aromatic nitrogens is 1. The van der Waals surface area contributed by atoms with Crippen LogP contribution in [-0.4, -0.2) is 46.9 Å². The zero-order chi connectivity index (χ0) is 21.9. The maximum atomic E-state index is 13.3. The Balaban J connectivity index is 1.36. The van der Waals surface area contributed by atoms with E-state index in [0.717, 1.165) is 24.0 Å². The molecule has 1 saturated heterocycles. The molecule has 4 aromatic rings. The number of carbonyl (C=O) groups is 1. The number of halogens is 1. The first-order valence-corrected chi connectivity index (χ1v) is 11.3. The van der Waals surface area contributed by atoms with Crippen molar-refractivity contribution in [3.63, 3.8) is 0 Å². The highest BCUT2D eigenvalue weighted by Crippen LogP contribution is 2.30. The molecule has 1 amide bonds. The molecule has 1 fully saturated rings. The Morgan fingerprint density at radius 1 is 0.781 bits per heavy atom. The van der Waals surface area contributed by atoms with Crippen molar-refractivity contribution in [3.05, 3.63) is 113 Å². The Kier molecular flexibility index (Phi) is 5.89. The van der Waals surface area contributed by atoms with Gasteiger partial charge in [-0.3, -0.25) is 9.69 Å². The van der Waals surface area contributed by atoms with Gasteiger partial charge in [0.1, 0.15) is 5.15 Å². The van der Waals surface area contributed by atoms with E-state index in [1.807, 2.05) is 47.4 Å². The standard InChI is InChI=1S/C27H24ClN3O/c28-26-23(19-22-13-7-8-14-24(22)29-26)27(32)31-17-15-30(16-18-31)25(20-9-3-1-4-10-20)21-11-5-2-6-12-21/h1-14,19,25H,15-18H2. The summed E-state index contributed by atoms with van der Waals surface area (Å²) in [5, 5.41) is 1.19. The third-order valence-corrected chi connectivity index (χ3v) is 6.39. The second-order valence-corrected chi connectivity index (χ2v) is 8.43. The molecule has 0 bridgehead atoms. The summed E-state index contributed by atoms with van der Waals surface area (Å²) >= 11 is 6.39. The second kappa shape index (κ2) is 9.11. The van der Waals surface area contributed by atoms with Crippen LogP contribution in [0.4, 0.5) is 0 Å². The average molecular weight is 442 g/mol. The molecule has 1 aliphatic heterocycles. The van der Waals surface area contributed by atoms with E-state index in [0.29, 0.717) is 18.7 Å². The molecule has 0 spiro atoms. The third kappa shape index (κ3) is 4.12. The number of piperazine rings is 1. The Morgan fingerprint density at radius 3 is 1.97 bits per heavy atom. The molecule has 0 N–H and O–H groups in total. The molecular weight excluding hydrogens is 418 g/mol. The summed E-state index contributed by atoms with van der Waals surface area (Å²) in [6.07, 6.45) is 0. The van der Waals surface area contributed by atoms with Gasteiger partial charge in [-0.15, -0.1) is 0 Å². The van der Waals surface area contributed by atoms with E-state index in [1.54, 1.807) is 0 Å². The number of amides is 1. The Bertz CT molecular complexity index is 1180. The summed E-state index contributed by atoms with van der Waals surface area (Å²) in [4.78, 5) is 22.0. The lowest BCUT2D eigenvalue weighted by Crippen LogP contribution is -2.50. The fourth-order valence-corrected chi connectivity index (χ4v) is 4.71. The Hall–Kier alpha value is -3.21. The van der Waals surface area contributed by atoms with Gasteiger partial charge in [0.15, 0.2) is 0 Å². The molecule has 3 aromatic carbocycles. The number of pyridine rings is 1. The first-order chi connectivity index (χ1) is 15.7. The first-order valence-electron chi connectivity index (χ1n) is 10.9. The monoisotopic (exact) mass is 441 g/mol. The van der Waals surface area contributed by atoms with Crippen molar-refractivity contribution in [2.45, 2.75) is 6.04 Å². The molecule has 32 heavy (non-hydrogen) atoms. The van der Waals surface area contributed by atoms with Crippen LogP contribution in [0, 0.1) is 0 Å². The van der Waals surface area contributed by atoms with Crippen LogP contribution in [0.5, 0.6) is 0 Å². The first kappa shape index (κ1) is 20.7. The highest BCUT2D eigenvalue weighted by atomic mass is 35.5. The van der Waals surface area contributed by atoms with Crippen molar-refractivity contribution >= 4 is 28.4 Å². The smallest absolute Gasteiger partial charge is 0.257 e. The SMILES string of the molecule is O=C(c1cc2ccccc2nc1Cl)N1CCN(C(c2ccccc2)c2ccccc2)CC1. The molecule has 160 valence electrons. The molecule has 2 heterocycles. The number of hydrogen-bond acceptors (Lipinski definition) is 3. The average Bonchev–Trinajstić information content (AvgIpc) is 2.85. The molecular formula is C27H24ClN3O. The Labute approximate surface area is 193 Å². The highest BCUT2D eigenvalue weighted by molar-refractivity contribution is 6.33. The molecule has 0 atom stereocenters. The summed E-state index contributed by atoms with van der Waals surface area (Å²) in [6.45, 7) is 2.88. The third-order valence-electron chi connectivity index (χ3n) is 6.11. The number of benzene rings is 3. The molecule has 0 unspecified atom stereocenters. The van der Waals surface area contributed by atoms with Crippen LogP contribution < -0.4 is 0 Å². The van der Waals surface area contributed by atoms with Crippen LogP contribution in [0.1, 0.15) is 27.5 Å². The van der Waals surface area contributed by atoms with Gasteiger partial charge in [-0.2, -0.15) is 0 Å². The number of para-hydroxylation sites is 1. The maximum Gasteiger partial charge on any atom is 0.257 e. The molecule has 4 nitrogen and oxygen atoms in total. The van der Waals surface area contributed by atoms with E-state index >= 15 is 0 Å². The van der Waals surface area contributed by atoms with Crippen molar-refractivity contribution in [1.82, 2.24) is 14.8 Å². The van der Waals surface area contributed by atoms with Gasteiger partial charge < -0.3 is 4.90 Å². The minimum atomic E-state index is -0.0520. The van der Waals surface area contributed by atoms with Crippen LogP contribution in [0.25, 0.3) is 10.9 Å². The topological polar surface area (TPSA) is 36.4 Å². The van der Waals surface area contributed by atoms with E-state index < -0.39 is 0 Å². The number of nitrogens with zero attached hydrogens (tertiary/aromatic N) is 3. The number of carbonyl (C=O) groups excluding carboxylic acids is 1. The second-order valence-electron chi connectivity index (χ2n) is 8.07. The molecule has 1 aliphatic rings. The quantitative estimate of drug-likeness (QED) is 0.396. The van der Waals surface area contributed by atoms with Gasteiger partial charge in [0.25, 0.3) is 5.91 Å². The van der Waals surface area contributed by atoms with Crippen LogP contribution in [0.15, 0.2) is 91.0 Å². The van der Waals surface area contributed by atoms with Crippen molar-refractivity contribution in [2.24, 2.45) is 0 Å². The predicted octanol–water partition coefficient (Wildman–Crippen LogP) is 5.44. The van der Waals surface area contributed by atoms with Gasteiger partial charge in [-0.25, -0.2) is 4.98 Å². The van der Waals surface area contributed by atoms with E-state index in [-0.39, 0.29) is 17.1 Å². The fraction of sp³-hybridized carbons (Fsp3) is 0.185. The normalized spacial score (nSPS) is 14.8. The van der Waals surface area contributed by atoms with E-state index in [2.05, 4.69) is 58.4 Å². The summed E-state index contributed by atoms with van der Waals surface area (Å²) < 4.78 is 0. The minimum absolute atomic E-state index is 0.0520. The lowest BCUT2D eigenvalue weighted by Gasteiger charge is -2.39. The van der Waals surface area contributed by atoms with Gasteiger partial charge in [-0.1, -0.05) is 90.5 Å². The van der Waals surface area contributed by atoms with Gasteiger partial charge in [-0.05, 0) is 23.3 Å². The zero-order valence-electron chi connectivity index (χ0n) is 17.7. The lowest BCUT2D eigenvalue weighted by molar-refractivity contribution is 0.0597. The van der Waals surface area contributed by atoms with E-state index in [1.165, 1.54) is 11.1 Å². The van der Waals surface area contributed by atoms with E-state index in [9.17, 15) is 4.79 Å². The minimum Gasteiger partial charge on any atom is -0.336 e. The summed E-state index contributed by atoms with van der Waals surface area (Å²) in [6, 6.07) is 30.9. The molecule has 0 saturated carbocycles. The Morgan fingerprint density at radius 2 is 1.34 bits per heavy atom. The van der Waals surface area contributed by atoms with Gasteiger partial charge >= 0.3 is 0 Å². The zero-order valence-corrected chi connectivity index (χ0v) is 18.4. The van der Waals surface area contributed by atoms with Gasteiger partial charge in [0.2, 0.25) is 0 Å².